The summed E-state index contributed by atoms with van der Waals surface area (Å²) in [5, 5.41) is 0. The Labute approximate surface area is 168 Å². The minimum atomic E-state index is -0.360. The molecule has 0 aromatic heterocycles. The van der Waals surface area contributed by atoms with Crippen molar-refractivity contribution < 1.29 is 4.74 Å². The van der Waals surface area contributed by atoms with Gasteiger partial charge in [-0.15, -0.1) is 0 Å². The number of hydrogen-bond acceptors (Lipinski definition) is 1. The first-order valence-electron chi connectivity index (χ1n) is 9.42. The van der Waals surface area contributed by atoms with E-state index in [1.165, 1.54) is 0 Å². The predicted octanol–water partition coefficient (Wildman–Crippen LogP) is 5.99. The first kappa shape index (κ1) is 19.5. The van der Waals surface area contributed by atoms with Gasteiger partial charge >= 0.3 is 0 Å². The van der Waals surface area contributed by atoms with Gasteiger partial charge in [-0.25, -0.2) is 0 Å². The molecule has 1 unspecified atom stereocenters. The van der Waals surface area contributed by atoms with Crippen LogP contribution in [0.3, 0.4) is 0 Å². The maximum absolute atomic E-state index is 6.30. The summed E-state index contributed by atoms with van der Waals surface area (Å²) in [5.41, 5.74) is 3.56. The molecule has 0 heterocycles. The molecule has 0 N–H and O–H groups in total. The van der Waals surface area contributed by atoms with Gasteiger partial charge in [0.25, 0.3) is 0 Å². The van der Waals surface area contributed by atoms with Crippen LogP contribution in [-0.4, -0.2) is 5.60 Å². The van der Waals surface area contributed by atoms with Gasteiger partial charge in [0, 0.05) is 22.3 Å². The lowest BCUT2D eigenvalue weighted by atomic mass is 10.0. The van der Waals surface area contributed by atoms with Crippen LogP contribution in [0.2, 0.25) is 0 Å². The maximum Gasteiger partial charge on any atom is 0.145 e. The summed E-state index contributed by atoms with van der Waals surface area (Å²) in [6, 6.07) is 28.0. The normalized spacial score (nSPS) is 11.5. The molecule has 0 saturated carbocycles. The Morgan fingerprint density at radius 3 is 1.79 bits per heavy atom. The average molecular weight is 364 g/mol. The summed E-state index contributed by atoms with van der Waals surface area (Å²) in [5.74, 6) is 13.1. The van der Waals surface area contributed by atoms with Gasteiger partial charge in [-0.1, -0.05) is 78.3 Å². The summed E-state index contributed by atoms with van der Waals surface area (Å²) in [7, 11) is 0. The van der Waals surface area contributed by atoms with Gasteiger partial charge in [0.1, 0.15) is 6.10 Å². The molecule has 0 aliphatic rings. The lowest BCUT2D eigenvalue weighted by Crippen LogP contribution is -2.22. The smallest absolute Gasteiger partial charge is 0.145 e. The average Bonchev–Trinajstić information content (AvgIpc) is 2.70. The van der Waals surface area contributed by atoms with Crippen molar-refractivity contribution in [2.24, 2.45) is 0 Å². The standard InChI is InChI=1S/C27H24O/c1-27(2,3)28-26(21-19-23-14-8-5-9-15-23)25-17-11-10-16-24(25)20-18-22-12-6-4-7-13-22/h4-17,26H,1-3H3. The highest BCUT2D eigenvalue weighted by molar-refractivity contribution is 5.49. The molecule has 0 aliphatic heterocycles. The number of rotatable bonds is 2. The molecular formula is C27H24O. The van der Waals surface area contributed by atoms with E-state index < -0.39 is 0 Å². The minimum absolute atomic E-state index is 0.323. The second-order valence-electron chi connectivity index (χ2n) is 7.45. The van der Waals surface area contributed by atoms with E-state index in [9.17, 15) is 0 Å². The van der Waals surface area contributed by atoms with Crippen molar-refractivity contribution in [3.8, 4) is 23.7 Å². The second kappa shape index (κ2) is 9.09. The van der Waals surface area contributed by atoms with Crippen molar-refractivity contribution in [2.45, 2.75) is 32.5 Å². The van der Waals surface area contributed by atoms with Crippen molar-refractivity contribution in [1.82, 2.24) is 0 Å². The van der Waals surface area contributed by atoms with Gasteiger partial charge in [-0.05, 0) is 51.1 Å². The van der Waals surface area contributed by atoms with Crippen LogP contribution in [-0.2, 0) is 4.74 Å². The van der Waals surface area contributed by atoms with Crippen LogP contribution in [0.5, 0.6) is 0 Å². The molecule has 0 amide bonds. The van der Waals surface area contributed by atoms with Crippen molar-refractivity contribution in [2.75, 3.05) is 0 Å². The number of benzene rings is 3. The minimum Gasteiger partial charge on any atom is -0.355 e. The van der Waals surface area contributed by atoms with E-state index in [1.807, 2.05) is 106 Å². The molecule has 0 fully saturated rings. The van der Waals surface area contributed by atoms with Gasteiger partial charge in [0.15, 0.2) is 0 Å². The molecule has 0 saturated heterocycles. The Kier molecular flexibility index (Phi) is 6.33. The van der Waals surface area contributed by atoms with Gasteiger partial charge in [-0.2, -0.15) is 0 Å². The highest BCUT2D eigenvalue weighted by Crippen LogP contribution is 2.26. The molecule has 0 spiro atoms. The van der Waals surface area contributed by atoms with E-state index in [0.29, 0.717) is 0 Å². The zero-order valence-corrected chi connectivity index (χ0v) is 16.6. The molecule has 0 aliphatic carbocycles. The Morgan fingerprint density at radius 2 is 1.18 bits per heavy atom. The number of hydrogen-bond donors (Lipinski definition) is 0. The van der Waals surface area contributed by atoms with Gasteiger partial charge < -0.3 is 4.74 Å². The van der Waals surface area contributed by atoms with E-state index in [-0.39, 0.29) is 11.7 Å². The largest absolute Gasteiger partial charge is 0.355 e. The fourth-order valence-corrected chi connectivity index (χ4v) is 2.70. The number of ether oxygens (including phenoxy) is 1. The van der Waals surface area contributed by atoms with E-state index in [0.717, 1.165) is 22.3 Å². The zero-order valence-electron chi connectivity index (χ0n) is 16.6. The van der Waals surface area contributed by atoms with E-state index in [4.69, 9.17) is 4.74 Å². The molecule has 3 aromatic carbocycles. The molecule has 1 nitrogen and oxygen atoms in total. The summed E-state index contributed by atoms with van der Waals surface area (Å²) in [6.45, 7) is 6.13. The van der Waals surface area contributed by atoms with E-state index in [2.05, 4.69) is 23.7 Å². The molecule has 3 rings (SSSR count). The van der Waals surface area contributed by atoms with Gasteiger partial charge in [-0.3, -0.25) is 0 Å². The lowest BCUT2D eigenvalue weighted by molar-refractivity contribution is -0.0352. The van der Waals surface area contributed by atoms with Crippen molar-refractivity contribution in [1.29, 1.82) is 0 Å². The van der Waals surface area contributed by atoms with Gasteiger partial charge in [0.05, 0.1) is 5.60 Å². The zero-order chi connectivity index (χ0) is 19.8. The topological polar surface area (TPSA) is 9.23 Å². The summed E-state index contributed by atoms with van der Waals surface area (Å²) in [4.78, 5) is 0. The first-order valence-corrected chi connectivity index (χ1v) is 9.42. The SMILES string of the molecule is CC(C)(C)OC(C#Cc1ccccc1)c1ccccc1C#Cc1ccccc1. The monoisotopic (exact) mass is 364 g/mol. The molecular weight excluding hydrogens is 340 g/mol. The van der Waals surface area contributed by atoms with Crippen LogP contribution in [0.4, 0.5) is 0 Å². The van der Waals surface area contributed by atoms with Crippen LogP contribution < -0.4 is 0 Å². The molecule has 28 heavy (non-hydrogen) atoms. The third kappa shape index (κ3) is 5.88. The Hall–Kier alpha value is -3.26. The fraction of sp³-hybridized carbons (Fsp3) is 0.185. The summed E-state index contributed by atoms with van der Waals surface area (Å²) >= 11 is 0. The first-order chi connectivity index (χ1) is 13.5. The third-order valence-corrected chi connectivity index (χ3v) is 3.95. The molecule has 0 radical (unpaired) electrons. The van der Waals surface area contributed by atoms with Crippen LogP contribution in [0.15, 0.2) is 84.9 Å². The Bertz CT molecular complexity index is 1020. The van der Waals surface area contributed by atoms with E-state index >= 15 is 0 Å². The van der Waals surface area contributed by atoms with Crippen LogP contribution >= 0.6 is 0 Å². The van der Waals surface area contributed by atoms with Crippen LogP contribution in [0, 0.1) is 23.7 Å². The highest BCUT2D eigenvalue weighted by atomic mass is 16.5. The molecule has 0 bridgehead atoms. The molecule has 3 aromatic rings. The molecule has 1 atom stereocenters. The van der Waals surface area contributed by atoms with Gasteiger partial charge in [0.2, 0.25) is 0 Å². The van der Waals surface area contributed by atoms with Crippen molar-refractivity contribution >= 4 is 0 Å². The quantitative estimate of drug-likeness (QED) is 0.507. The van der Waals surface area contributed by atoms with Crippen LogP contribution in [0.25, 0.3) is 0 Å². The second-order valence-corrected chi connectivity index (χ2v) is 7.45. The summed E-state index contributed by atoms with van der Waals surface area (Å²) in [6.07, 6.45) is -0.360. The lowest BCUT2D eigenvalue weighted by Gasteiger charge is -2.25. The Balaban J connectivity index is 1.99. The predicted molar refractivity (Wildman–Crippen MR) is 116 cm³/mol. The maximum atomic E-state index is 6.30. The highest BCUT2D eigenvalue weighted by Gasteiger charge is 2.20. The fourth-order valence-electron chi connectivity index (χ4n) is 2.70. The Morgan fingerprint density at radius 1 is 0.643 bits per heavy atom. The summed E-state index contributed by atoms with van der Waals surface area (Å²) < 4.78 is 6.30. The molecule has 1 heteroatoms. The van der Waals surface area contributed by atoms with E-state index in [1.54, 1.807) is 0 Å². The molecule has 138 valence electrons. The van der Waals surface area contributed by atoms with Crippen molar-refractivity contribution in [3.63, 3.8) is 0 Å². The van der Waals surface area contributed by atoms with Crippen LogP contribution in [0.1, 0.15) is 49.1 Å². The van der Waals surface area contributed by atoms with Crippen molar-refractivity contribution in [3.05, 3.63) is 107 Å². The third-order valence-electron chi connectivity index (χ3n) is 3.95.